The molecule has 0 radical (unpaired) electrons. The fourth-order valence-electron chi connectivity index (χ4n) is 2.60. The van der Waals surface area contributed by atoms with Crippen LogP contribution in [-0.4, -0.2) is 15.5 Å². The lowest BCUT2D eigenvalue weighted by Gasteiger charge is -2.19. The van der Waals surface area contributed by atoms with E-state index in [1.165, 1.54) is 18.4 Å². The molecule has 1 aliphatic carbocycles. The average molecular weight is 269 g/mol. The molecule has 0 atom stereocenters. The van der Waals surface area contributed by atoms with E-state index in [-0.39, 0.29) is 11.0 Å². The Bertz CT molecular complexity index is 574. The van der Waals surface area contributed by atoms with Crippen molar-refractivity contribution in [2.45, 2.75) is 51.1 Å². The molecule has 0 aliphatic heterocycles. The molecule has 0 spiro atoms. The van der Waals surface area contributed by atoms with Crippen LogP contribution in [0.4, 0.5) is 0 Å². The Kier molecular flexibility index (Phi) is 3.17. The number of rotatable bonds is 4. The molecule has 20 heavy (non-hydrogen) atoms. The smallest absolute Gasteiger partial charge is 0.116 e. The number of nitrogens with one attached hydrogen (secondary N) is 2. The Balaban J connectivity index is 1.77. The van der Waals surface area contributed by atoms with E-state index in [9.17, 15) is 0 Å². The first-order valence-electron chi connectivity index (χ1n) is 7.35. The summed E-state index contributed by atoms with van der Waals surface area (Å²) < 4.78 is 0. The number of hydrogen-bond acceptors (Lipinski definition) is 2. The summed E-state index contributed by atoms with van der Waals surface area (Å²) in [6.45, 7) is 7.37. The van der Waals surface area contributed by atoms with Crippen molar-refractivity contribution >= 4 is 0 Å². The van der Waals surface area contributed by atoms with Gasteiger partial charge in [0, 0.05) is 24.0 Å². The molecule has 3 heteroatoms. The van der Waals surface area contributed by atoms with Crippen molar-refractivity contribution in [1.82, 2.24) is 15.3 Å². The second-order valence-corrected chi connectivity index (χ2v) is 6.81. The van der Waals surface area contributed by atoms with E-state index >= 15 is 0 Å². The van der Waals surface area contributed by atoms with Crippen LogP contribution in [0, 0.1) is 0 Å². The van der Waals surface area contributed by atoms with Crippen molar-refractivity contribution < 1.29 is 0 Å². The van der Waals surface area contributed by atoms with Crippen molar-refractivity contribution in [3.63, 3.8) is 0 Å². The highest BCUT2D eigenvalue weighted by molar-refractivity contribution is 5.39. The number of H-pyrrole nitrogens is 1. The summed E-state index contributed by atoms with van der Waals surface area (Å²) >= 11 is 0. The van der Waals surface area contributed by atoms with Gasteiger partial charge in [0.05, 0.1) is 5.41 Å². The number of benzene rings is 1. The second-order valence-electron chi connectivity index (χ2n) is 6.81. The van der Waals surface area contributed by atoms with Gasteiger partial charge in [-0.15, -0.1) is 0 Å². The molecule has 0 bridgehead atoms. The van der Waals surface area contributed by atoms with Crippen LogP contribution in [0.15, 0.2) is 36.5 Å². The first-order chi connectivity index (χ1) is 9.50. The maximum Gasteiger partial charge on any atom is 0.116 e. The summed E-state index contributed by atoms with van der Waals surface area (Å²) in [4.78, 5) is 8.15. The zero-order valence-electron chi connectivity index (χ0n) is 12.5. The van der Waals surface area contributed by atoms with Gasteiger partial charge in [-0.05, 0) is 39.2 Å². The number of aromatic nitrogens is 2. The van der Waals surface area contributed by atoms with Gasteiger partial charge in [0.2, 0.25) is 0 Å². The van der Waals surface area contributed by atoms with Gasteiger partial charge in [0.1, 0.15) is 5.82 Å². The minimum Gasteiger partial charge on any atom is -0.344 e. The minimum absolute atomic E-state index is 0.127. The highest BCUT2D eigenvalue weighted by atomic mass is 15.0. The third-order valence-corrected chi connectivity index (χ3v) is 3.97. The van der Waals surface area contributed by atoms with Crippen LogP contribution in [0.5, 0.6) is 0 Å². The van der Waals surface area contributed by atoms with Crippen molar-refractivity contribution in [3.05, 3.63) is 53.6 Å². The van der Waals surface area contributed by atoms with E-state index in [0.29, 0.717) is 0 Å². The molecule has 1 fully saturated rings. The van der Waals surface area contributed by atoms with Gasteiger partial charge in [-0.3, -0.25) is 0 Å². The summed E-state index contributed by atoms with van der Waals surface area (Å²) in [5, 5.41) is 3.49. The van der Waals surface area contributed by atoms with Gasteiger partial charge < -0.3 is 10.3 Å². The first-order valence-corrected chi connectivity index (χ1v) is 7.35. The lowest BCUT2D eigenvalue weighted by molar-refractivity contribution is 0.421. The zero-order valence-corrected chi connectivity index (χ0v) is 12.5. The van der Waals surface area contributed by atoms with Crippen LogP contribution in [0.3, 0.4) is 0 Å². The molecule has 2 N–H and O–H groups in total. The van der Waals surface area contributed by atoms with E-state index in [1.54, 1.807) is 0 Å². The molecule has 1 aromatic carbocycles. The Morgan fingerprint density at radius 1 is 1.20 bits per heavy atom. The predicted molar refractivity (Wildman–Crippen MR) is 81.6 cm³/mol. The van der Waals surface area contributed by atoms with Crippen molar-refractivity contribution in [3.8, 4) is 0 Å². The summed E-state index contributed by atoms with van der Waals surface area (Å²) in [5.74, 6) is 1.12. The van der Waals surface area contributed by atoms with E-state index in [2.05, 4.69) is 66.4 Å². The SMILES string of the molecule is CC(C)(C)NCc1cnc(C2(c3ccccc3)CC2)[nH]1. The molecular formula is C17H23N3. The van der Waals surface area contributed by atoms with Crippen LogP contribution >= 0.6 is 0 Å². The zero-order chi connectivity index (χ0) is 14.2. The Hall–Kier alpha value is -1.61. The monoisotopic (exact) mass is 269 g/mol. The second kappa shape index (κ2) is 4.74. The molecule has 1 aliphatic rings. The van der Waals surface area contributed by atoms with Crippen LogP contribution in [0.2, 0.25) is 0 Å². The van der Waals surface area contributed by atoms with Gasteiger partial charge in [0.25, 0.3) is 0 Å². The lowest BCUT2D eigenvalue weighted by Crippen LogP contribution is -2.35. The molecule has 1 saturated carbocycles. The number of nitrogens with zero attached hydrogens (tertiary/aromatic N) is 1. The van der Waals surface area contributed by atoms with Crippen molar-refractivity contribution in [2.24, 2.45) is 0 Å². The van der Waals surface area contributed by atoms with E-state index in [4.69, 9.17) is 0 Å². The molecular weight excluding hydrogens is 246 g/mol. The fourth-order valence-corrected chi connectivity index (χ4v) is 2.60. The van der Waals surface area contributed by atoms with Crippen LogP contribution in [0.25, 0.3) is 0 Å². The molecule has 0 amide bonds. The van der Waals surface area contributed by atoms with Crippen LogP contribution in [-0.2, 0) is 12.0 Å². The summed E-state index contributed by atoms with van der Waals surface area (Å²) in [6.07, 6.45) is 4.35. The molecule has 1 heterocycles. The molecule has 3 rings (SSSR count). The van der Waals surface area contributed by atoms with Gasteiger partial charge in [0.15, 0.2) is 0 Å². The molecule has 0 saturated heterocycles. The summed E-state index contributed by atoms with van der Waals surface area (Å²) in [6, 6.07) is 10.7. The molecule has 3 nitrogen and oxygen atoms in total. The quantitative estimate of drug-likeness (QED) is 0.893. The van der Waals surface area contributed by atoms with Gasteiger partial charge >= 0.3 is 0 Å². The fraction of sp³-hybridized carbons (Fsp3) is 0.471. The summed E-state index contributed by atoms with van der Waals surface area (Å²) in [5.41, 5.74) is 2.81. The van der Waals surface area contributed by atoms with Crippen LogP contribution in [0.1, 0.15) is 50.7 Å². The third kappa shape index (κ3) is 2.63. The number of aromatic amines is 1. The van der Waals surface area contributed by atoms with E-state index in [0.717, 1.165) is 18.1 Å². The molecule has 106 valence electrons. The Morgan fingerprint density at radius 2 is 1.90 bits per heavy atom. The molecule has 0 unspecified atom stereocenters. The van der Waals surface area contributed by atoms with Crippen molar-refractivity contribution in [2.75, 3.05) is 0 Å². The van der Waals surface area contributed by atoms with Crippen molar-refractivity contribution in [1.29, 1.82) is 0 Å². The molecule has 1 aromatic heterocycles. The lowest BCUT2D eigenvalue weighted by atomic mass is 9.95. The topological polar surface area (TPSA) is 40.7 Å². The highest BCUT2D eigenvalue weighted by Crippen LogP contribution is 2.52. The van der Waals surface area contributed by atoms with E-state index in [1.807, 2.05) is 6.20 Å². The normalized spacial score (nSPS) is 17.1. The summed E-state index contributed by atoms with van der Waals surface area (Å²) in [7, 11) is 0. The van der Waals surface area contributed by atoms with Gasteiger partial charge in [-0.25, -0.2) is 4.98 Å². The third-order valence-electron chi connectivity index (χ3n) is 3.97. The molecule has 2 aromatic rings. The highest BCUT2D eigenvalue weighted by Gasteiger charge is 2.48. The Labute approximate surface area is 120 Å². The number of imidazole rings is 1. The maximum atomic E-state index is 4.63. The number of hydrogen-bond donors (Lipinski definition) is 2. The van der Waals surface area contributed by atoms with Gasteiger partial charge in [-0.1, -0.05) is 30.3 Å². The maximum absolute atomic E-state index is 4.63. The van der Waals surface area contributed by atoms with Crippen LogP contribution < -0.4 is 5.32 Å². The minimum atomic E-state index is 0.127. The predicted octanol–water partition coefficient (Wildman–Crippen LogP) is 3.38. The van der Waals surface area contributed by atoms with Gasteiger partial charge in [-0.2, -0.15) is 0 Å². The first kappa shape index (κ1) is 13.4. The Morgan fingerprint density at radius 3 is 2.50 bits per heavy atom. The van der Waals surface area contributed by atoms with E-state index < -0.39 is 0 Å². The largest absolute Gasteiger partial charge is 0.344 e. The average Bonchev–Trinajstić information content (AvgIpc) is 3.09. The standard InChI is InChI=1S/C17H23N3/c1-16(2,3)19-12-14-11-18-15(20-14)17(9-10-17)13-7-5-4-6-8-13/h4-8,11,19H,9-10,12H2,1-3H3,(H,18,20).